The molecular weight excluding hydrogens is 344 g/mol. The monoisotopic (exact) mass is 368 g/mol. The molecule has 2 rings (SSSR count). The van der Waals surface area contributed by atoms with Gasteiger partial charge in [0, 0.05) is 38.2 Å². The predicted octanol–water partition coefficient (Wildman–Crippen LogP) is -0.253. The van der Waals surface area contributed by atoms with Crippen molar-refractivity contribution in [2.24, 2.45) is 10.9 Å². The number of amides is 2. The van der Waals surface area contributed by atoms with Crippen LogP contribution in [0.5, 0.6) is 0 Å². The lowest BCUT2D eigenvalue weighted by Gasteiger charge is -2.35. The largest absolute Gasteiger partial charge is 0.339 e. The first kappa shape index (κ1) is 19.4. The maximum absolute atomic E-state index is 12.5. The summed E-state index contributed by atoms with van der Waals surface area (Å²) in [6.07, 6.45) is 2.10. The number of carbonyl (C=O) groups excluding carboxylic acids is 2. The van der Waals surface area contributed by atoms with Crippen LogP contribution in [0.4, 0.5) is 0 Å². The number of primary sulfonamides is 1. The molecule has 1 aliphatic rings. The summed E-state index contributed by atoms with van der Waals surface area (Å²) in [6, 6.07) is 5.54. The Hall–Kier alpha value is -1.97. The molecule has 0 bridgehead atoms. The van der Waals surface area contributed by atoms with Gasteiger partial charge in [0.05, 0.1) is 4.90 Å². The summed E-state index contributed by atoms with van der Waals surface area (Å²) in [5.74, 6) is -0.0887. The van der Waals surface area contributed by atoms with Crippen molar-refractivity contribution in [1.29, 1.82) is 0 Å². The third kappa shape index (κ3) is 5.25. The molecule has 1 aromatic rings. The highest BCUT2D eigenvalue weighted by Crippen LogP contribution is 2.13. The van der Waals surface area contributed by atoms with Crippen LogP contribution in [-0.2, 0) is 14.8 Å². The first-order valence-electron chi connectivity index (χ1n) is 8.23. The van der Waals surface area contributed by atoms with E-state index in [1.54, 1.807) is 9.80 Å². The number of sulfonamides is 1. The highest BCUT2D eigenvalue weighted by Gasteiger charge is 2.24. The van der Waals surface area contributed by atoms with Crippen LogP contribution < -0.4 is 10.9 Å². The second kappa shape index (κ2) is 8.41. The maximum Gasteiger partial charge on any atom is 0.253 e. The predicted molar refractivity (Wildman–Crippen MR) is 93.2 cm³/mol. The average molecular weight is 368 g/mol. The molecule has 0 aromatic heterocycles. The lowest BCUT2D eigenvalue weighted by Crippen LogP contribution is -2.50. The molecule has 0 radical (unpaired) electrons. The Balaban J connectivity index is 1.90. The number of benzene rings is 1. The van der Waals surface area contributed by atoms with Crippen LogP contribution in [0.1, 0.15) is 29.6 Å². The number of unbranched alkanes of at least 4 members (excludes halogenated alkanes) is 1. The van der Waals surface area contributed by atoms with Gasteiger partial charge in [-0.05, 0) is 43.7 Å². The Bertz CT molecular complexity index is 710. The van der Waals surface area contributed by atoms with Crippen molar-refractivity contribution in [3.63, 3.8) is 0 Å². The van der Waals surface area contributed by atoms with Gasteiger partial charge < -0.3 is 15.5 Å². The SMILES string of the molecule is NCCCCC(=O)N1CCN(C(=O)c2ccc(S(N)(=O)=O)cc2)CC1. The summed E-state index contributed by atoms with van der Waals surface area (Å²) in [4.78, 5) is 27.9. The molecule has 25 heavy (non-hydrogen) atoms. The van der Waals surface area contributed by atoms with Gasteiger partial charge >= 0.3 is 0 Å². The number of rotatable bonds is 6. The van der Waals surface area contributed by atoms with Crippen LogP contribution in [0.3, 0.4) is 0 Å². The van der Waals surface area contributed by atoms with Crippen LogP contribution >= 0.6 is 0 Å². The van der Waals surface area contributed by atoms with Gasteiger partial charge in [-0.25, -0.2) is 13.6 Å². The molecule has 1 aliphatic heterocycles. The molecule has 0 atom stereocenters. The number of hydrogen-bond acceptors (Lipinski definition) is 5. The van der Waals surface area contributed by atoms with Gasteiger partial charge in [0.25, 0.3) is 5.91 Å². The van der Waals surface area contributed by atoms with Gasteiger partial charge in [-0.3, -0.25) is 9.59 Å². The molecule has 9 heteroatoms. The summed E-state index contributed by atoms with van der Waals surface area (Å²) in [7, 11) is -3.77. The normalized spacial score (nSPS) is 15.3. The van der Waals surface area contributed by atoms with Gasteiger partial charge in [-0.2, -0.15) is 0 Å². The van der Waals surface area contributed by atoms with Crippen LogP contribution in [-0.4, -0.2) is 62.8 Å². The molecule has 8 nitrogen and oxygen atoms in total. The lowest BCUT2D eigenvalue weighted by atomic mass is 10.1. The van der Waals surface area contributed by atoms with E-state index in [0.29, 0.717) is 44.7 Å². The third-order valence-corrected chi connectivity index (χ3v) is 5.12. The first-order chi connectivity index (χ1) is 11.8. The molecule has 138 valence electrons. The standard InChI is InChI=1S/C16H24N4O4S/c17-8-2-1-3-15(21)19-9-11-20(12-10-19)16(22)13-4-6-14(7-5-13)25(18,23)24/h4-7H,1-3,8-12,17H2,(H2,18,23,24). The molecule has 1 aromatic carbocycles. The summed E-state index contributed by atoms with van der Waals surface area (Å²) >= 11 is 0. The number of carbonyl (C=O) groups is 2. The number of hydrogen-bond donors (Lipinski definition) is 2. The fourth-order valence-electron chi connectivity index (χ4n) is 2.71. The number of piperazine rings is 1. The van der Waals surface area contributed by atoms with E-state index in [9.17, 15) is 18.0 Å². The van der Waals surface area contributed by atoms with Crippen molar-refractivity contribution >= 4 is 21.8 Å². The topological polar surface area (TPSA) is 127 Å². The van der Waals surface area contributed by atoms with Crippen LogP contribution in [0.25, 0.3) is 0 Å². The minimum Gasteiger partial charge on any atom is -0.339 e. The van der Waals surface area contributed by atoms with Gasteiger partial charge in [0.2, 0.25) is 15.9 Å². The van der Waals surface area contributed by atoms with Crippen molar-refractivity contribution in [1.82, 2.24) is 9.80 Å². The maximum atomic E-state index is 12.5. The van der Waals surface area contributed by atoms with E-state index in [4.69, 9.17) is 10.9 Å². The van der Waals surface area contributed by atoms with E-state index in [1.165, 1.54) is 24.3 Å². The van der Waals surface area contributed by atoms with Gasteiger partial charge in [-0.1, -0.05) is 0 Å². The molecule has 0 unspecified atom stereocenters. The lowest BCUT2D eigenvalue weighted by molar-refractivity contribution is -0.132. The molecule has 1 fully saturated rings. The summed E-state index contributed by atoms with van der Waals surface area (Å²) in [6.45, 7) is 2.50. The molecular formula is C16H24N4O4S. The van der Waals surface area contributed by atoms with E-state index >= 15 is 0 Å². The Kier molecular flexibility index (Phi) is 6.51. The molecule has 0 spiro atoms. The van der Waals surface area contributed by atoms with Crippen LogP contribution in [0.2, 0.25) is 0 Å². The number of nitrogens with two attached hydrogens (primary N) is 2. The zero-order valence-corrected chi connectivity index (χ0v) is 14.9. The first-order valence-corrected chi connectivity index (χ1v) is 9.77. The second-order valence-electron chi connectivity index (χ2n) is 5.99. The van der Waals surface area contributed by atoms with E-state index in [0.717, 1.165) is 12.8 Å². The Morgan fingerprint density at radius 3 is 2.04 bits per heavy atom. The van der Waals surface area contributed by atoms with Crippen LogP contribution in [0, 0.1) is 0 Å². The Morgan fingerprint density at radius 2 is 1.52 bits per heavy atom. The smallest absolute Gasteiger partial charge is 0.253 e. The molecule has 4 N–H and O–H groups in total. The quantitative estimate of drug-likeness (QED) is 0.669. The Labute approximate surface area is 147 Å². The molecule has 1 heterocycles. The number of nitrogens with zero attached hydrogens (tertiary/aromatic N) is 2. The molecule has 2 amide bonds. The molecule has 1 saturated heterocycles. The molecule has 0 saturated carbocycles. The van der Waals surface area contributed by atoms with E-state index < -0.39 is 10.0 Å². The van der Waals surface area contributed by atoms with Gasteiger partial charge in [-0.15, -0.1) is 0 Å². The zero-order valence-electron chi connectivity index (χ0n) is 14.1. The van der Waals surface area contributed by atoms with E-state index in [-0.39, 0.29) is 16.7 Å². The average Bonchev–Trinajstić information content (AvgIpc) is 2.61. The van der Waals surface area contributed by atoms with Crippen molar-refractivity contribution < 1.29 is 18.0 Å². The highest BCUT2D eigenvalue weighted by atomic mass is 32.2. The minimum absolute atomic E-state index is 0.0306. The van der Waals surface area contributed by atoms with Crippen molar-refractivity contribution in [2.45, 2.75) is 24.2 Å². The highest BCUT2D eigenvalue weighted by molar-refractivity contribution is 7.89. The summed E-state index contributed by atoms with van der Waals surface area (Å²) in [5, 5.41) is 5.05. The van der Waals surface area contributed by atoms with Crippen molar-refractivity contribution in [3.05, 3.63) is 29.8 Å². The summed E-state index contributed by atoms with van der Waals surface area (Å²) < 4.78 is 22.5. The fraction of sp³-hybridized carbons (Fsp3) is 0.500. The van der Waals surface area contributed by atoms with Crippen LogP contribution in [0.15, 0.2) is 29.2 Å². The van der Waals surface area contributed by atoms with E-state index in [2.05, 4.69) is 0 Å². The Morgan fingerprint density at radius 1 is 0.960 bits per heavy atom. The summed E-state index contributed by atoms with van der Waals surface area (Å²) in [5.41, 5.74) is 5.82. The van der Waals surface area contributed by atoms with Gasteiger partial charge in [0.15, 0.2) is 0 Å². The van der Waals surface area contributed by atoms with Gasteiger partial charge in [0.1, 0.15) is 0 Å². The fourth-order valence-corrected chi connectivity index (χ4v) is 3.22. The zero-order chi connectivity index (χ0) is 18.4. The second-order valence-corrected chi connectivity index (χ2v) is 7.55. The molecule has 0 aliphatic carbocycles. The van der Waals surface area contributed by atoms with Crippen molar-refractivity contribution in [3.8, 4) is 0 Å². The van der Waals surface area contributed by atoms with Crippen molar-refractivity contribution in [2.75, 3.05) is 32.7 Å². The van der Waals surface area contributed by atoms with E-state index in [1.807, 2.05) is 0 Å². The third-order valence-electron chi connectivity index (χ3n) is 4.19. The minimum atomic E-state index is -3.77.